The molecule has 0 fully saturated rings. The predicted molar refractivity (Wildman–Crippen MR) is 52.4 cm³/mol. The second-order valence-electron chi connectivity index (χ2n) is 2.90. The average molecular weight is 211 g/mol. The van der Waals surface area contributed by atoms with E-state index in [1.165, 1.54) is 0 Å². The van der Waals surface area contributed by atoms with E-state index >= 15 is 0 Å². The van der Waals surface area contributed by atoms with E-state index in [9.17, 15) is 9.59 Å². The van der Waals surface area contributed by atoms with Gasteiger partial charge in [0.1, 0.15) is 12.3 Å². The minimum absolute atomic E-state index is 0.146. The Balaban J connectivity index is 2.40. The molecule has 82 valence electrons. The third-order valence-electron chi connectivity index (χ3n) is 1.66. The van der Waals surface area contributed by atoms with E-state index in [1.54, 1.807) is 26.0 Å². The highest BCUT2D eigenvalue weighted by atomic mass is 16.5. The number of furan rings is 1. The molecule has 1 heterocycles. The molecule has 0 bridgehead atoms. The van der Waals surface area contributed by atoms with Crippen LogP contribution < -0.4 is 5.32 Å². The number of aryl methyl sites for hydroxylation is 1. The monoisotopic (exact) mass is 211 g/mol. The van der Waals surface area contributed by atoms with E-state index in [4.69, 9.17) is 4.42 Å². The van der Waals surface area contributed by atoms with Crippen molar-refractivity contribution in [3.8, 4) is 0 Å². The molecule has 0 aromatic carbocycles. The molecule has 5 heteroatoms. The molecule has 0 spiro atoms. The first-order valence-electron chi connectivity index (χ1n) is 4.63. The number of amides is 1. The van der Waals surface area contributed by atoms with Gasteiger partial charge in [-0.2, -0.15) is 0 Å². The zero-order chi connectivity index (χ0) is 11.3. The highest BCUT2D eigenvalue weighted by Gasteiger charge is 2.11. The normalized spacial score (nSPS) is 9.73. The number of hydrogen-bond donors (Lipinski definition) is 1. The van der Waals surface area contributed by atoms with Crippen molar-refractivity contribution in [3.05, 3.63) is 23.7 Å². The van der Waals surface area contributed by atoms with Gasteiger partial charge < -0.3 is 14.5 Å². The van der Waals surface area contributed by atoms with Crippen molar-refractivity contribution >= 4 is 11.9 Å². The van der Waals surface area contributed by atoms with E-state index < -0.39 is 11.9 Å². The van der Waals surface area contributed by atoms with Gasteiger partial charge in [0.15, 0.2) is 5.76 Å². The molecular formula is C10H13NO4. The minimum atomic E-state index is -0.464. The lowest BCUT2D eigenvalue weighted by atomic mass is 10.4. The van der Waals surface area contributed by atoms with Crippen molar-refractivity contribution in [2.75, 3.05) is 13.2 Å². The number of esters is 1. The van der Waals surface area contributed by atoms with Crippen molar-refractivity contribution in [2.45, 2.75) is 13.8 Å². The maximum absolute atomic E-state index is 11.4. The van der Waals surface area contributed by atoms with Gasteiger partial charge in [-0.3, -0.25) is 9.59 Å². The fraction of sp³-hybridized carbons (Fsp3) is 0.400. The molecule has 5 nitrogen and oxygen atoms in total. The third-order valence-corrected chi connectivity index (χ3v) is 1.66. The molecule has 0 saturated heterocycles. The highest BCUT2D eigenvalue weighted by molar-refractivity contribution is 5.93. The summed E-state index contributed by atoms with van der Waals surface area (Å²) in [6.45, 7) is 3.60. The number of carbonyl (C=O) groups excluding carboxylic acids is 2. The minimum Gasteiger partial charge on any atom is -0.465 e. The van der Waals surface area contributed by atoms with E-state index in [1.807, 2.05) is 0 Å². The Kier molecular flexibility index (Phi) is 3.91. The van der Waals surface area contributed by atoms with E-state index in [0.29, 0.717) is 12.4 Å². The maximum Gasteiger partial charge on any atom is 0.325 e. The Morgan fingerprint density at radius 2 is 2.20 bits per heavy atom. The van der Waals surface area contributed by atoms with Crippen molar-refractivity contribution in [3.63, 3.8) is 0 Å². The van der Waals surface area contributed by atoms with Crippen LogP contribution in [0.2, 0.25) is 0 Å². The van der Waals surface area contributed by atoms with Crippen LogP contribution in [-0.2, 0) is 9.53 Å². The molecule has 0 saturated carbocycles. The summed E-state index contributed by atoms with van der Waals surface area (Å²) in [7, 11) is 0. The van der Waals surface area contributed by atoms with Crippen LogP contribution in [0, 0.1) is 6.92 Å². The molecule has 1 aromatic heterocycles. The maximum atomic E-state index is 11.4. The Labute approximate surface area is 87.4 Å². The lowest BCUT2D eigenvalue weighted by Crippen LogP contribution is -2.30. The molecule has 0 aliphatic rings. The van der Waals surface area contributed by atoms with Crippen molar-refractivity contribution in [2.24, 2.45) is 0 Å². The first-order chi connectivity index (χ1) is 7.13. The molecule has 0 aliphatic heterocycles. The van der Waals surface area contributed by atoms with Crippen LogP contribution in [0.15, 0.2) is 16.5 Å². The summed E-state index contributed by atoms with van der Waals surface area (Å²) in [4.78, 5) is 22.3. The van der Waals surface area contributed by atoms with Crippen molar-refractivity contribution < 1.29 is 18.7 Å². The number of hydrogen-bond acceptors (Lipinski definition) is 4. The molecule has 15 heavy (non-hydrogen) atoms. The van der Waals surface area contributed by atoms with Crippen LogP contribution in [0.3, 0.4) is 0 Å². The lowest BCUT2D eigenvalue weighted by molar-refractivity contribution is -0.141. The van der Waals surface area contributed by atoms with Crippen LogP contribution in [0.25, 0.3) is 0 Å². The van der Waals surface area contributed by atoms with Gasteiger partial charge in [-0.1, -0.05) is 0 Å². The summed E-state index contributed by atoms with van der Waals surface area (Å²) < 4.78 is 9.72. The average Bonchev–Trinajstić information content (AvgIpc) is 2.62. The molecular weight excluding hydrogens is 198 g/mol. The number of carbonyl (C=O) groups is 2. The van der Waals surface area contributed by atoms with E-state index in [2.05, 4.69) is 10.1 Å². The van der Waals surface area contributed by atoms with Crippen LogP contribution in [0.1, 0.15) is 23.2 Å². The fourth-order valence-corrected chi connectivity index (χ4v) is 1.01. The van der Waals surface area contributed by atoms with Gasteiger partial charge in [-0.25, -0.2) is 0 Å². The van der Waals surface area contributed by atoms with Gasteiger partial charge in [0.05, 0.1) is 6.61 Å². The summed E-state index contributed by atoms with van der Waals surface area (Å²) >= 11 is 0. The Morgan fingerprint density at radius 3 is 2.73 bits per heavy atom. The van der Waals surface area contributed by atoms with Gasteiger partial charge in [0, 0.05) is 0 Å². The molecule has 1 rings (SSSR count). The van der Waals surface area contributed by atoms with E-state index in [-0.39, 0.29) is 12.3 Å². The van der Waals surface area contributed by atoms with Crippen LogP contribution in [0.4, 0.5) is 0 Å². The molecule has 0 radical (unpaired) electrons. The smallest absolute Gasteiger partial charge is 0.325 e. The SMILES string of the molecule is CCOC(=O)CNC(=O)c1ccc(C)o1. The summed E-state index contributed by atoms with van der Waals surface area (Å²) in [6, 6.07) is 3.23. The van der Waals surface area contributed by atoms with Gasteiger partial charge in [0.2, 0.25) is 0 Å². The highest BCUT2D eigenvalue weighted by Crippen LogP contribution is 2.05. The van der Waals surface area contributed by atoms with Crippen LogP contribution in [-0.4, -0.2) is 25.0 Å². The fourth-order valence-electron chi connectivity index (χ4n) is 1.01. The topological polar surface area (TPSA) is 68.5 Å². The zero-order valence-electron chi connectivity index (χ0n) is 8.70. The second kappa shape index (κ2) is 5.19. The summed E-state index contributed by atoms with van der Waals surface area (Å²) in [6.07, 6.45) is 0. The van der Waals surface area contributed by atoms with Gasteiger partial charge in [0.25, 0.3) is 5.91 Å². The number of ether oxygens (including phenoxy) is 1. The predicted octanol–water partition coefficient (Wildman–Crippen LogP) is 0.881. The molecule has 1 amide bonds. The Bertz CT molecular complexity index is 356. The Morgan fingerprint density at radius 1 is 1.47 bits per heavy atom. The lowest BCUT2D eigenvalue weighted by Gasteiger charge is -2.02. The van der Waals surface area contributed by atoms with Crippen LogP contribution in [0.5, 0.6) is 0 Å². The molecule has 0 aliphatic carbocycles. The summed E-state index contributed by atoms with van der Waals surface area (Å²) in [5, 5.41) is 2.39. The van der Waals surface area contributed by atoms with Crippen LogP contribution >= 0.6 is 0 Å². The second-order valence-corrected chi connectivity index (χ2v) is 2.90. The Hall–Kier alpha value is -1.78. The third kappa shape index (κ3) is 3.46. The van der Waals surface area contributed by atoms with Gasteiger partial charge >= 0.3 is 5.97 Å². The first kappa shape index (κ1) is 11.3. The number of rotatable bonds is 4. The summed E-state index contributed by atoms with van der Waals surface area (Å²) in [5.74, 6) is -0.0432. The van der Waals surface area contributed by atoms with Gasteiger partial charge in [-0.15, -0.1) is 0 Å². The molecule has 0 atom stereocenters. The summed E-state index contributed by atoms with van der Waals surface area (Å²) in [5.41, 5.74) is 0. The van der Waals surface area contributed by atoms with E-state index in [0.717, 1.165) is 0 Å². The quantitative estimate of drug-likeness (QED) is 0.750. The largest absolute Gasteiger partial charge is 0.465 e. The first-order valence-corrected chi connectivity index (χ1v) is 4.63. The molecule has 1 N–H and O–H groups in total. The van der Waals surface area contributed by atoms with Crippen molar-refractivity contribution in [1.82, 2.24) is 5.32 Å². The standard InChI is InChI=1S/C10H13NO4/c1-3-14-9(12)6-11-10(13)8-5-4-7(2)15-8/h4-5H,3,6H2,1-2H3,(H,11,13). The van der Waals surface area contributed by atoms with Gasteiger partial charge in [-0.05, 0) is 26.0 Å². The molecule has 1 aromatic rings. The number of nitrogens with one attached hydrogen (secondary N) is 1. The molecule has 0 unspecified atom stereocenters. The zero-order valence-corrected chi connectivity index (χ0v) is 8.70. The van der Waals surface area contributed by atoms with Crippen molar-refractivity contribution in [1.29, 1.82) is 0 Å².